The van der Waals surface area contributed by atoms with Gasteiger partial charge in [-0.3, -0.25) is 4.79 Å². The third-order valence-electron chi connectivity index (χ3n) is 6.18. The molecule has 1 atom stereocenters. The quantitative estimate of drug-likeness (QED) is 0.385. The highest BCUT2D eigenvalue weighted by Gasteiger charge is 2.35. The highest BCUT2D eigenvalue weighted by molar-refractivity contribution is 5.97. The second-order valence-electron chi connectivity index (χ2n) is 8.22. The number of hydrogen-bond donors (Lipinski definition) is 0. The summed E-state index contributed by atoms with van der Waals surface area (Å²) in [5.41, 5.74) is 2.75. The normalized spacial score (nSPS) is 15.6. The number of ether oxygens (including phenoxy) is 3. The van der Waals surface area contributed by atoms with Gasteiger partial charge in [0, 0.05) is 24.9 Å². The molecule has 1 fully saturated rings. The number of hydrogen-bond acceptors (Lipinski definition) is 5. The highest BCUT2D eigenvalue weighted by atomic mass is 16.5. The average molecular weight is 458 g/mol. The molecule has 34 heavy (non-hydrogen) atoms. The van der Waals surface area contributed by atoms with Gasteiger partial charge in [-0.15, -0.1) is 0 Å². The lowest BCUT2D eigenvalue weighted by Gasteiger charge is -2.20. The Bertz CT molecular complexity index is 1320. The van der Waals surface area contributed by atoms with Crippen molar-refractivity contribution in [3.05, 3.63) is 78.6 Å². The number of methoxy groups -OCH3 is 2. The van der Waals surface area contributed by atoms with Gasteiger partial charge in [0.15, 0.2) is 0 Å². The molecular formula is C27H27N3O4. The molecule has 0 unspecified atom stereocenters. The van der Waals surface area contributed by atoms with Crippen LogP contribution in [0.3, 0.4) is 0 Å². The van der Waals surface area contributed by atoms with Crippen molar-refractivity contribution in [2.24, 2.45) is 0 Å². The third-order valence-corrected chi connectivity index (χ3v) is 6.18. The summed E-state index contributed by atoms with van der Waals surface area (Å²) < 4.78 is 19.0. The fourth-order valence-electron chi connectivity index (χ4n) is 4.55. The zero-order valence-corrected chi connectivity index (χ0v) is 19.3. The second-order valence-corrected chi connectivity index (χ2v) is 8.22. The standard InChI is InChI=1S/C27H27N3O4/c1-32-20-8-7-9-21(17-20)34-15-14-29-23-11-4-3-10-22(23)28-27(29)19-16-26(31)30(18-19)24-12-5-6-13-25(24)33-2/h3-13,17,19H,14-16,18H2,1-2H3/t19-/m0/s1. The van der Waals surface area contributed by atoms with E-state index in [1.165, 1.54) is 0 Å². The van der Waals surface area contributed by atoms with E-state index in [0.717, 1.165) is 34.0 Å². The third kappa shape index (κ3) is 4.17. The molecule has 4 aromatic rings. The van der Waals surface area contributed by atoms with Crippen LogP contribution in [-0.4, -0.2) is 42.8 Å². The van der Waals surface area contributed by atoms with Gasteiger partial charge in [0.1, 0.15) is 29.7 Å². The van der Waals surface area contributed by atoms with E-state index in [4.69, 9.17) is 19.2 Å². The minimum Gasteiger partial charge on any atom is -0.497 e. The van der Waals surface area contributed by atoms with E-state index < -0.39 is 0 Å². The van der Waals surface area contributed by atoms with E-state index >= 15 is 0 Å². The lowest BCUT2D eigenvalue weighted by atomic mass is 10.1. The monoisotopic (exact) mass is 457 g/mol. The van der Waals surface area contributed by atoms with Crippen LogP contribution in [0.25, 0.3) is 11.0 Å². The molecule has 0 radical (unpaired) electrons. The van der Waals surface area contributed by atoms with Crippen LogP contribution in [0.15, 0.2) is 72.8 Å². The predicted octanol–water partition coefficient (Wildman–Crippen LogP) is 4.65. The number of anilines is 1. The maximum atomic E-state index is 13.0. The van der Waals surface area contributed by atoms with Gasteiger partial charge in [-0.05, 0) is 36.4 Å². The summed E-state index contributed by atoms with van der Waals surface area (Å²) in [5, 5.41) is 0. The Kier molecular flexibility index (Phi) is 6.08. The lowest BCUT2D eigenvalue weighted by Crippen LogP contribution is -2.25. The number of benzene rings is 3. The van der Waals surface area contributed by atoms with E-state index in [-0.39, 0.29) is 11.8 Å². The summed E-state index contributed by atoms with van der Waals surface area (Å²) in [6.45, 7) is 1.64. The van der Waals surface area contributed by atoms with Crippen LogP contribution >= 0.6 is 0 Å². The van der Waals surface area contributed by atoms with E-state index in [1.54, 1.807) is 19.1 Å². The van der Waals surface area contributed by atoms with Crippen LogP contribution in [0.2, 0.25) is 0 Å². The number of fused-ring (bicyclic) bond motifs is 1. The van der Waals surface area contributed by atoms with Crippen molar-refractivity contribution in [1.82, 2.24) is 9.55 Å². The minimum atomic E-state index is -0.0263. The molecule has 1 aliphatic heterocycles. The van der Waals surface area contributed by atoms with Crippen molar-refractivity contribution in [2.45, 2.75) is 18.9 Å². The van der Waals surface area contributed by atoms with Gasteiger partial charge in [0.05, 0.1) is 37.5 Å². The van der Waals surface area contributed by atoms with Gasteiger partial charge in [0.2, 0.25) is 5.91 Å². The molecule has 0 bridgehead atoms. The number of carbonyl (C=O) groups is 1. The van der Waals surface area contributed by atoms with Crippen molar-refractivity contribution in [3.8, 4) is 17.2 Å². The van der Waals surface area contributed by atoms with Gasteiger partial charge in [-0.2, -0.15) is 0 Å². The first-order valence-corrected chi connectivity index (χ1v) is 11.3. The number of imidazole rings is 1. The van der Waals surface area contributed by atoms with Crippen LogP contribution in [0, 0.1) is 0 Å². The Morgan fingerprint density at radius 2 is 1.74 bits per heavy atom. The Morgan fingerprint density at radius 1 is 0.941 bits per heavy atom. The molecule has 0 saturated carbocycles. The Balaban J connectivity index is 1.40. The molecule has 1 saturated heterocycles. The summed E-state index contributed by atoms with van der Waals surface area (Å²) in [6, 6.07) is 23.3. The van der Waals surface area contributed by atoms with E-state index in [2.05, 4.69) is 10.6 Å². The second kappa shape index (κ2) is 9.47. The molecule has 0 N–H and O–H groups in total. The highest BCUT2D eigenvalue weighted by Crippen LogP contribution is 2.37. The fourth-order valence-corrected chi connectivity index (χ4v) is 4.55. The molecule has 5 rings (SSSR count). The number of carbonyl (C=O) groups excluding carboxylic acids is 1. The van der Waals surface area contributed by atoms with Crippen LogP contribution in [-0.2, 0) is 11.3 Å². The number of amides is 1. The maximum absolute atomic E-state index is 13.0. The molecule has 7 heteroatoms. The first-order chi connectivity index (χ1) is 16.7. The topological polar surface area (TPSA) is 65.8 Å². The Hall–Kier alpha value is -4.00. The number of nitrogens with zero attached hydrogens (tertiary/aromatic N) is 3. The molecule has 7 nitrogen and oxygen atoms in total. The molecule has 3 aromatic carbocycles. The minimum absolute atomic E-state index is 0.0263. The fraction of sp³-hybridized carbons (Fsp3) is 0.259. The summed E-state index contributed by atoms with van der Waals surface area (Å²) >= 11 is 0. The first kappa shape index (κ1) is 21.8. The SMILES string of the molecule is COc1cccc(OCCn2c([C@H]3CC(=O)N(c4ccccc4OC)C3)nc3ccccc32)c1. The summed E-state index contributed by atoms with van der Waals surface area (Å²) in [5.74, 6) is 3.15. The van der Waals surface area contributed by atoms with Gasteiger partial charge in [0.25, 0.3) is 0 Å². The maximum Gasteiger partial charge on any atom is 0.227 e. The summed E-state index contributed by atoms with van der Waals surface area (Å²) in [6.07, 6.45) is 0.401. The van der Waals surface area contributed by atoms with Crippen LogP contribution in [0.5, 0.6) is 17.2 Å². The Morgan fingerprint density at radius 3 is 2.59 bits per heavy atom. The molecule has 1 amide bonds. The van der Waals surface area contributed by atoms with Gasteiger partial charge in [-0.1, -0.05) is 30.3 Å². The zero-order valence-electron chi connectivity index (χ0n) is 19.3. The van der Waals surface area contributed by atoms with Crippen molar-refractivity contribution >= 4 is 22.6 Å². The Labute approximate surface area is 198 Å². The molecule has 2 heterocycles. The molecule has 0 spiro atoms. The molecule has 174 valence electrons. The van der Waals surface area contributed by atoms with E-state index in [9.17, 15) is 4.79 Å². The largest absolute Gasteiger partial charge is 0.497 e. The van der Waals surface area contributed by atoms with Crippen LogP contribution < -0.4 is 19.1 Å². The van der Waals surface area contributed by atoms with Crippen LogP contribution in [0.4, 0.5) is 5.69 Å². The molecule has 0 aliphatic carbocycles. The molecule has 1 aromatic heterocycles. The van der Waals surface area contributed by atoms with Crippen molar-refractivity contribution in [2.75, 3.05) is 32.3 Å². The first-order valence-electron chi connectivity index (χ1n) is 11.3. The van der Waals surface area contributed by atoms with E-state index in [1.807, 2.05) is 66.7 Å². The average Bonchev–Trinajstić information content (AvgIpc) is 3.44. The smallest absolute Gasteiger partial charge is 0.227 e. The molecule has 1 aliphatic rings. The lowest BCUT2D eigenvalue weighted by molar-refractivity contribution is -0.117. The zero-order chi connectivity index (χ0) is 23.5. The van der Waals surface area contributed by atoms with Crippen molar-refractivity contribution < 1.29 is 19.0 Å². The summed E-state index contributed by atoms with van der Waals surface area (Å²) in [4.78, 5) is 19.7. The van der Waals surface area contributed by atoms with Gasteiger partial charge < -0.3 is 23.7 Å². The predicted molar refractivity (Wildman–Crippen MR) is 131 cm³/mol. The molecular weight excluding hydrogens is 430 g/mol. The number of aromatic nitrogens is 2. The van der Waals surface area contributed by atoms with Crippen molar-refractivity contribution in [3.63, 3.8) is 0 Å². The number of rotatable bonds is 8. The number of para-hydroxylation sites is 4. The van der Waals surface area contributed by atoms with Gasteiger partial charge >= 0.3 is 0 Å². The van der Waals surface area contributed by atoms with E-state index in [0.29, 0.717) is 31.9 Å². The van der Waals surface area contributed by atoms with Crippen LogP contribution in [0.1, 0.15) is 18.2 Å². The van der Waals surface area contributed by atoms with Crippen molar-refractivity contribution in [1.29, 1.82) is 0 Å². The summed E-state index contributed by atoms with van der Waals surface area (Å²) in [7, 11) is 3.26. The van der Waals surface area contributed by atoms with Gasteiger partial charge in [-0.25, -0.2) is 4.98 Å².